The lowest BCUT2D eigenvalue weighted by Crippen LogP contribution is -2.25. The zero-order chi connectivity index (χ0) is 11.1. The Balaban J connectivity index is 2.91. The summed E-state index contributed by atoms with van der Waals surface area (Å²) in [6.07, 6.45) is 0. The fourth-order valence-corrected chi connectivity index (χ4v) is 1.07. The van der Waals surface area contributed by atoms with Crippen molar-refractivity contribution < 1.29 is 0 Å². The van der Waals surface area contributed by atoms with Crippen LogP contribution in [0.4, 0.5) is 11.6 Å². The van der Waals surface area contributed by atoms with Gasteiger partial charge in [-0.15, -0.1) is 0 Å². The van der Waals surface area contributed by atoms with E-state index in [9.17, 15) is 0 Å². The minimum atomic E-state index is 0.120. The molecule has 0 aliphatic rings. The summed E-state index contributed by atoms with van der Waals surface area (Å²) < 4.78 is 0. The molecule has 0 saturated heterocycles. The quantitative estimate of drug-likeness (QED) is 0.411. The van der Waals surface area contributed by atoms with Crippen molar-refractivity contribution in [2.45, 2.75) is 0 Å². The third-order valence-corrected chi connectivity index (χ3v) is 1.73. The molecule has 0 aliphatic heterocycles. The van der Waals surface area contributed by atoms with Crippen molar-refractivity contribution in [3.63, 3.8) is 0 Å². The molecule has 0 spiro atoms. The summed E-state index contributed by atoms with van der Waals surface area (Å²) in [5.74, 6) is 6.25. The molecule has 0 aliphatic carbocycles. The van der Waals surface area contributed by atoms with Crippen LogP contribution in [0, 0.1) is 22.7 Å². The standard InChI is InChI=1S/C9H10N6/c10-4-6-15(7-5-11)9-3-1-2-8(13-9)14-12/h1-3H,6-7,12H2,(H,13,14). The first-order valence-corrected chi connectivity index (χ1v) is 4.24. The Morgan fingerprint density at radius 3 is 2.53 bits per heavy atom. The fourth-order valence-electron chi connectivity index (χ4n) is 1.07. The highest BCUT2D eigenvalue weighted by molar-refractivity contribution is 5.47. The summed E-state index contributed by atoms with van der Waals surface area (Å²) >= 11 is 0. The Bertz CT molecular complexity index is 386. The van der Waals surface area contributed by atoms with Crippen LogP contribution < -0.4 is 16.2 Å². The zero-order valence-electron chi connectivity index (χ0n) is 8.01. The van der Waals surface area contributed by atoms with Gasteiger partial charge in [0.25, 0.3) is 0 Å². The molecule has 0 unspecified atom stereocenters. The number of nitrogen functional groups attached to an aromatic ring is 1. The van der Waals surface area contributed by atoms with Gasteiger partial charge in [0.1, 0.15) is 24.7 Å². The Morgan fingerprint density at radius 1 is 1.33 bits per heavy atom. The number of hydrogen-bond donors (Lipinski definition) is 2. The smallest absolute Gasteiger partial charge is 0.142 e. The van der Waals surface area contributed by atoms with E-state index in [1.54, 1.807) is 23.1 Å². The highest BCUT2D eigenvalue weighted by Crippen LogP contribution is 2.12. The molecule has 6 nitrogen and oxygen atoms in total. The third kappa shape index (κ3) is 2.83. The molecule has 1 rings (SSSR count). The Labute approximate surface area is 87.5 Å². The van der Waals surface area contributed by atoms with Crippen LogP contribution in [0.15, 0.2) is 18.2 Å². The van der Waals surface area contributed by atoms with Crippen LogP contribution in [0.3, 0.4) is 0 Å². The molecular weight excluding hydrogens is 192 g/mol. The van der Waals surface area contributed by atoms with Gasteiger partial charge in [-0.05, 0) is 12.1 Å². The molecule has 0 fully saturated rings. The molecule has 0 saturated carbocycles. The van der Waals surface area contributed by atoms with Gasteiger partial charge in [0, 0.05) is 0 Å². The Morgan fingerprint density at radius 2 is 2.00 bits per heavy atom. The first-order chi connectivity index (χ1) is 7.31. The average Bonchev–Trinajstić information content (AvgIpc) is 2.29. The van der Waals surface area contributed by atoms with Gasteiger partial charge >= 0.3 is 0 Å². The topological polar surface area (TPSA) is 102 Å². The van der Waals surface area contributed by atoms with Gasteiger partial charge in [-0.2, -0.15) is 10.5 Å². The Hall–Kier alpha value is -2.31. The van der Waals surface area contributed by atoms with Gasteiger partial charge in [-0.25, -0.2) is 10.8 Å². The molecule has 15 heavy (non-hydrogen) atoms. The van der Waals surface area contributed by atoms with E-state index in [-0.39, 0.29) is 13.1 Å². The van der Waals surface area contributed by atoms with Crippen LogP contribution in [-0.4, -0.2) is 18.1 Å². The second kappa shape index (κ2) is 5.43. The predicted octanol–water partition coefficient (Wildman–Crippen LogP) is 0.221. The maximum absolute atomic E-state index is 8.58. The van der Waals surface area contributed by atoms with Crippen LogP contribution in [0.25, 0.3) is 0 Å². The van der Waals surface area contributed by atoms with E-state index >= 15 is 0 Å². The van der Waals surface area contributed by atoms with Crippen LogP contribution in [0.5, 0.6) is 0 Å². The molecule has 1 aromatic rings. The predicted molar refractivity (Wildman–Crippen MR) is 55.5 cm³/mol. The van der Waals surface area contributed by atoms with Crippen LogP contribution in [-0.2, 0) is 0 Å². The van der Waals surface area contributed by atoms with Crippen molar-refractivity contribution >= 4 is 11.6 Å². The molecule has 0 atom stereocenters. The van der Waals surface area contributed by atoms with E-state index in [2.05, 4.69) is 10.4 Å². The number of nitrogens with one attached hydrogen (secondary N) is 1. The lowest BCUT2D eigenvalue weighted by Gasteiger charge is -2.16. The lowest BCUT2D eigenvalue weighted by atomic mass is 10.4. The number of nitrogens with zero attached hydrogens (tertiary/aromatic N) is 4. The number of anilines is 2. The highest BCUT2D eigenvalue weighted by atomic mass is 15.3. The summed E-state index contributed by atoms with van der Waals surface area (Å²) in [4.78, 5) is 5.67. The van der Waals surface area contributed by atoms with Crippen molar-refractivity contribution in [1.82, 2.24) is 4.98 Å². The van der Waals surface area contributed by atoms with Gasteiger partial charge in [0.05, 0.1) is 12.1 Å². The van der Waals surface area contributed by atoms with E-state index in [1.165, 1.54) is 0 Å². The van der Waals surface area contributed by atoms with Crippen molar-refractivity contribution in [3.8, 4) is 12.1 Å². The lowest BCUT2D eigenvalue weighted by molar-refractivity contribution is 0.935. The number of nitrogens with two attached hydrogens (primary N) is 1. The number of rotatable bonds is 4. The second-order valence-electron chi connectivity index (χ2n) is 2.70. The zero-order valence-corrected chi connectivity index (χ0v) is 8.01. The van der Waals surface area contributed by atoms with Crippen molar-refractivity contribution in [3.05, 3.63) is 18.2 Å². The molecule has 3 N–H and O–H groups in total. The Kier molecular flexibility index (Phi) is 3.90. The molecule has 0 amide bonds. The number of pyridine rings is 1. The van der Waals surface area contributed by atoms with E-state index in [0.717, 1.165) is 0 Å². The second-order valence-corrected chi connectivity index (χ2v) is 2.70. The van der Waals surface area contributed by atoms with Gasteiger partial charge < -0.3 is 10.3 Å². The van der Waals surface area contributed by atoms with Gasteiger partial charge in [-0.3, -0.25) is 0 Å². The van der Waals surface area contributed by atoms with E-state index in [1.807, 2.05) is 12.1 Å². The van der Waals surface area contributed by atoms with E-state index in [4.69, 9.17) is 16.4 Å². The van der Waals surface area contributed by atoms with Crippen LogP contribution >= 0.6 is 0 Å². The third-order valence-electron chi connectivity index (χ3n) is 1.73. The van der Waals surface area contributed by atoms with Gasteiger partial charge in [0.2, 0.25) is 0 Å². The van der Waals surface area contributed by atoms with E-state index in [0.29, 0.717) is 11.6 Å². The summed E-state index contributed by atoms with van der Waals surface area (Å²) in [6, 6.07) is 9.11. The summed E-state index contributed by atoms with van der Waals surface area (Å²) in [5.41, 5.74) is 2.40. The van der Waals surface area contributed by atoms with Crippen LogP contribution in [0.1, 0.15) is 0 Å². The number of nitriles is 2. The number of hydrazine groups is 1. The van der Waals surface area contributed by atoms with Crippen LogP contribution in [0.2, 0.25) is 0 Å². The molecule has 6 heteroatoms. The average molecular weight is 202 g/mol. The fraction of sp³-hybridized carbons (Fsp3) is 0.222. The van der Waals surface area contributed by atoms with Crippen molar-refractivity contribution in [1.29, 1.82) is 10.5 Å². The summed E-state index contributed by atoms with van der Waals surface area (Å²) in [5, 5.41) is 17.2. The molecular formula is C9H10N6. The monoisotopic (exact) mass is 202 g/mol. The molecule has 0 radical (unpaired) electrons. The largest absolute Gasteiger partial charge is 0.330 e. The first kappa shape index (κ1) is 10.8. The molecule has 0 aromatic carbocycles. The SMILES string of the molecule is N#CCN(CC#N)c1cccc(NN)n1. The number of hydrogen-bond acceptors (Lipinski definition) is 6. The normalized spacial score (nSPS) is 8.73. The van der Waals surface area contributed by atoms with E-state index < -0.39 is 0 Å². The van der Waals surface area contributed by atoms with Crippen molar-refractivity contribution in [2.75, 3.05) is 23.4 Å². The maximum Gasteiger partial charge on any atom is 0.142 e. The maximum atomic E-state index is 8.58. The summed E-state index contributed by atoms with van der Waals surface area (Å²) in [7, 11) is 0. The van der Waals surface area contributed by atoms with Gasteiger partial charge in [0.15, 0.2) is 0 Å². The number of aromatic nitrogens is 1. The van der Waals surface area contributed by atoms with Gasteiger partial charge in [-0.1, -0.05) is 6.07 Å². The highest BCUT2D eigenvalue weighted by Gasteiger charge is 2.06. The molecule has 76 valence electrons. The minimum Gasteiger partial charge on any atom is -0.330 e. The molecule has 0 bridgehead atoms. The summed E-state index contributed by atoms with van der Waals surface area (Å²) in [6.45, 7) is 0.239. The minimum absolute atomic E-state index is 0.120. The van der Waals surface area contributed by atoms with Crippen molar-refractivity contribution in [2.24, 2.45) is 5.84 Å². The molecule has 1 heterocycles. The molecule has 1 aromatic heterocycles. The first-order valence-electron chi connectivity index (χ1n) is 4.24.